The second kappa shape index (κ2) is 6.94. The molecular weight excluding hydrogens is 236 g/mol. The van der Waals surface area contributed by atoms with Gasteiger partial charge in [0.15, 0.2) is 0 Å². The number of carbonyl (C=O) groups is 1. The van der Waals surface area contributed by atoms with Gasteiger partial charge < -0.3 is 5.32 Å². The number of nitrogens with zero attached hydrogens (tertiary/aromatic N) is 1. The molecule has 1 aromatic rings. The Balaban J connectivity index is 1.89. The summed E-state index contributed by atoms with van der Waals surface area (Å²) >= 11 is 0. The minimum absolute atomic E-state index is 0.167. The van der Waals surface area contributed by atoms with E-state index in [0.717, 1.165) is 5.56 Å². The lowest BCUT2D eigenvalue weighted by molar-refractivity contribution is -0.121. The quantitative estimate of drug-likeness (QED) is 0.900. The molecule has 0 spiro atoms. The molecule has 3 nitrogen and oxygen atoms in total. The van der Waals surface area contributed by atoms with E-state index in [2.05, 4.69) is 11.4 Å². The molecule has 2 rings (SSSR count). The third-order valence-corrected chi connectivity index (χ3v) is 3.81. The number of hydrogen-bond acceptors (Lipinski definition) is 2. The Bertz CT molecular complexity index is 444. The lowest BCUT2D eigenvalue weighted by Crippen LogP contribution is -2.33. The monoisotopic (exact) mass is 256 g/mol. The van der Waals surface area contributed by atoms with Gasteiger partial charge in [0.25, 0.3) is 0 Å². The van der Waals surface area contributed by atoms with E-state index >= 15 is 0 Å². The molecule has 1 N–H and O–H groups in total. The normalized spacial score (nSPS) is 17.4. The molecule has 0 aliphatic heterocycles. The highest BCUT2D eigenvalue weighted by Crippen LogP contribution is 2.23. The molecule has 1 amide bonds. The van der Waals surface area contributed by atoms with Gasteiger partial charge in [0.1, 0.15) is 5.92 Å². The number of hydrogen-bond donors (Lipinski definition) is 1. The first-order chi connectivity index (χ1) is 9.31. The fourth-order valence-electron chi connectivity index (χ4n) is 2.67. The molecule has 1 unspecified atom stereocenters. The number of amides is 1. The molecule has 0 aromatic heterocycles. The molecule has 0 saturated heterocycles. The van der Waals surface area contributed by atoms with Crippen molar-refractivity contribution in [3.8, 4) is 6.07 Å². The van der Waals surface area contributed by atoms with Gasteiger partial charge in [-0.1, -0.05) is 49.6 Å². The fourth-order valence-corrected chi connectivity index (χ4v) is 2.67. The predicted octanol–water partition coefficient (Wildman–Crippen LogP) is 2.99. The minimum Gasteiger partial charge on any atom is -0.354 e. The number of carbonyl (C=O) groups excluding carboxylic acids is 1. The molecule has 1 aliphatic carbocycles. The highest BCUT2D eigenvalue weighted by Gasteiger charge is 2.21. The van der Waals surface area contributed by atoms with Crippen molar-refractivity contribution in [1.29, 1.82) is 5.26 Å². The third-order valence-electron chi connectivity index (χ3n) is 3.81. The number of rotatable bonds is 4. The second-order valence-corrected chi connectivity index (χ2v) is 5.22. The van der Waals surface area contributed by atoms with Crippen LogP contribution in [-0.2, 0) is 4.79 Å². The van der Waals surface area contributed by atoms with E-state index < -0.39 is 5.92 Å². The van der Waals surface area contributed by atoms with E-state index in [0.29, 0.717) is 12.5 Å². The maximum absolute atomic E-state index is 12.1. The van der Waals surface area contributed by atoms with E-state index in [1.165, 1.54) is 32.1 Å². The predicted molar refractivity (Wildman–Crippen MR) is 74.4 cm³/mol. The van der Waals surface area contributed by atoms with Crippen LogP contribution >= 0.6 is 0 Å². The van der Waals surface area contributed by atoms with Crippen molar-refractivity contribution in [2.45, 2.75) is 38.0 Å². The van der Waals surface area contributed by atoms with E-state index in [1.807, 2.05) is 30.3 Å². The smallest absolute Gasteiger partial charge is 0.241 e. The molecule has 0 bridgehead atoms. The minimum atomic E-state index is -0.690. The molecule has 1 saturated carbocycles. The van der Waals surface area contributed by atoms with Crippen molar-refractivity contribution in [3.63, 3.8) is 0 Å². The van der Waals surface area contributed by atoms with Crippen LogP contribution in [-0.4, -0.2) is 12.5 Å². The van der Waals surface area contributed by atoms with Gasteiger partial charge in [-0.05, 0) is 24.3 Å². The molecule has 1 fully saturated rings. The molecule has 3 heteroatoms. The maximum Gasteiger partial charge on any atom is 0.241 e. The Morgan fingerprint density at radius 1 is 1.26 bits per heavy atom. The summed E-state index contributed by atoms with van der Waals surface area (Å²) in [5, 5.41) is 12.1. The van der Waals surface area contributed by atoms with E-state index in [-0.39, 0.29) is 5.91 Å². The molecule has 1 aromatic carbocycles. The van der Waals surface area contributed by atoms with Crippen LogP contribution in [0.1, 0.15) is 43.6 Å². The molecule has 1 atom stereocenters. The van der Waals surface area contributed by atoms with Crippen LogP contribution in [0.5, 0.6) is 0 Å². The highest BCUT2D eigenvalue weighted by atomic mass is 16.1. The van der Waals surface area contributed by atoms with E-state index in [4.69, 9.17) is 0 Å². The van der Waals surface area contributed by atoms with Crippen molar-refractivity contribution >= 4 is 5.91 Å². The zero-order valence-electron chi connectivity index (χ0n) is 11.1. The SMILES string of the molecule is N#CC(C(=O)NCC1CCCCC1)c1ccccc1. The Kier molecular flexibility index (Phi) is 4.97. The first kappa shape index (κ1) is 13.6. The summed E-state index contributed by atoms with van der Waals surface area (Å²) in [4.78, 5) is 12.1. The van der Waals surface area contributed by atoms with Crippen molar-refractivity contribution in [3.05, 3.63) is 35.9 Å². The standard InChI is InChI=1S/C16H20N2O/c17-11-15(14-9-5-2-6-10-14)16(19)18-12-13-7-3-1-4-8-13/h2,5-6,9-10,13,15H,1,3-4,7-8,12H2,(H,18,19). The summed E-state index contributed by atoms with van der Waals surface area (Å²) in [6.45, 7) is 0.712. The van der Waals surface area contributed by atoms with Gasteiger partial charge >= 0.3 is 0 Å². The second-order valence-electron chi connectivity index (χ2n) is 5.22. The van der Waals surface area contributed by atoms with Crippen LogP contribution in [0.4, 0.5) is 0 Å². The van der Waals surface area contributed by atoms with Gasteiger partial charge in [0, 0.05) is 6.54 Å². The van der Waals surface area contributed by atoms with Gasteiger partial charge in [-0.25, -0.2) is 0 Å². The van der Waals surface area contributed by atoms with Crippen molar-refractivity contribution < 1.29 is 4.79 Å². The average Bonchev–Trinajstić information content (AvgIpc) is 2.48. The summed E-state index contributed by atoms with van der Waals surface area (Å²) in [5.74, 6) is -0.267. The van der Waals surface area contributed by atoms with Crippen molar-refractivity contribution in [2.75, 3.05) is 6.54 Å². The fraction of sp³-hybridized carbons (Fsp3) is 0.500. The average molecular weight is 256 g/mol. The van der Waals surface area contributed by atoms with E-state index in [1.54, 1.807) is 0 Å². The van der Waals surface area contributed by atoms with Crippen LogP contribution < -0.4 is 5.32 Å². The molecular formula is C16H20N2O. The molecule has 1 aliphatic rings. The van der Waals surface area contributed by atoms with Crippen molar-refractivity contribution in [1.82, 2.24) is 5.32 Å². The highest BCUT2D eigenvalue weighted by molar-refractivity contribution is 5.86. The van der Waals surface area contributed by atoms with Gasteiger partial charge in [-0.2, -0.15) is 5.26 Å². The third kappa shape index (κ3) is 3.82. The van der Waals surface area contributed by atoms with Gasteiger partial charge in [0.2, 0.25) is 5.91 Å². The molecule has 0 heterocycles. The lowest BCUT2D eigenvalue weighted by Gasteiger charge is -2.22. The summed E-state index contributed by atoms with van der Waals surface area (Å²) in [5.41, 5.74) is 0.770. The molecule has 0 radical (unpaired) electrons. The van der Waals surface area contributed by atoms with E-state index in [9.17, 15) is 10.1 Å². The summed E-state index contributed by atoms with van der Waals surface area (Å²) in [7, 11) is 0. The van der Waals surface area contributed by atoms with Gasteiger partial charge in [-0.3, -0.25) is 4.79 Å². The first-order valence-corrected chi connectivity index (χ1v) is 7.03. The van der Waals surface area contributed by atoms with Crippen LogP contribution in [0, 0.1) is 17.2 Å². The largest absolute Gasteiger partial charge is 0.354 e. The summed E-state index contributed by atoms with van der Waals surface area (Å²) in [6.07, 6.45) is 6.24. The van der Waals surface area contributed by atoms with Gasteiger partial charge in [-0.15, -0.1) is 0 Å². The van der Waals surface area contributed by atoms with Crippen LogP contribution in [0.3, 0.4) is 0 Å². The first-order valence-electron chi connectivity index (χ1n) is 7.03. The van der Waals surface area contributed by atoms with Crippen LogP contribution in [0.25, 0.3) is 0 Å². The Hall–Kier alpha value is -1.82. The Labute approximate surface area is 114 Å². The Morgan fingerprint density at radius 2 is 1.95 bits per heavy atom. The lowest BCUT2D eigenvalue weighted by atomic mass is 9.89. The van der Waals surface area contributed by atoms with Crippen molar-refractivity contribution in [2.24, 2.45) is 5.92 Å². The zero-order chi connectivity index (χ0) is 13.5. The van der Waals surface area contributed by atoms with Gasteiger partial charge in [0.05, 0.1) is 6.07 Å². The zero-order valence-corrected chi connectivity index (χ0v) is 11.1. The van der Waals surface area contributed by atoms with Crippen LogP contribution in [0.15, 0.2) is 30.3 Å². The molecule has 19 heavy (non-hydrogen) atoms. The number of nitrogens with one attached hydrogen (secondary N) is 1. The topological polar surface area (TPSA) is 52.9 Å². The molecule has 100 valence electrons. The summed E-state index contributed by atoms with van der Waals surface area (Å²) < 4.78 is 0. The summed E-state index contributed by atoms with van der Waals surface area (Å²) in [6, 6.07) is 11.3. The maximum atomic E-state index is 12.1. The Morgan fingerprint density at radius 3 is 2.58 bits per heavy atom. The number of nitriles is 1. The number of benzene rings is 1. The van der Waals surface area contributed by atoms with Crippen LogP contribution in [0.2, 0.25) is 0 Å².